The molecule has 1 aromatic carbocycles. The Kier molecular flexibility index (Phi) is 6.05. The number of hydrogen-bond acceptors (Lipinski definition) is 7. The van der Waals surface area contributed by atoms with Gasteiger partial charge in [0.15, 0.2) is 17.0 Å². The van der Waals surface area contributed by atoms with Crippen molar-refractivity contribution in [3.8, 4) is 0 Å². The average molecular weight is 485 g/mol. The lowest BCUT2D eigenvalue weighted by Crippen LogP contribution is -2.41. The molecule has 0 radical (unpaired) electrons. The van der Waals surface area contributed by atoms with Crippen LogP contribution in [0.2, 0.25) is 5.28 Å². The van der Waals surface area contributed by atoms with Crippen molar-refractivity contribution in [3.63, 3.8) is 0 Å². The molecule has 0 saturated heterocycles. The van der Waals surface area contributed by atoms with Crippen LogP contribution in [0, 0.1) is 0 Å². The van der Waals surface area contributed by atoms with Crippen LogP contribution in [0.25, 0.3) is 11.2 Å². The number of imidazole rings is 1. The van der Waals surface area contributed by atoms with E-state index in [-0.39, 0.29) is 35.0 Å². The van der Waals surface area contributed by atoms with E-state index in [1.807, 2.05) is 25.1 Å². The second-order valence-electron chi connectivity index (χ2n) is 8.32. The Hall–Kier alpha value is -3.31. The minimum atomic E-state index is -0.458. The predicted molar refractivity (Wildman–Crippen MR) is 125 cm³/mol. The van der Waals surface area contributed by atoms with Gasteiger partial charge in [-0.3, -0.25) is 13.9 Å². The van der Waals surface area contributed by atoms with Gasteiger partial charge in [0.05, 0.1) is 25.1 Å². The van der Waals surface area contributed by atoms with Gasteiger partial charge in [0.25, 0.3) is 5.56 Å². The summed E-state index contributed by atoms with van der Waals surface area (Å²) in [5.74, 6) is 0.711. The van der Waals surface area contributed by atoms with Gasteiger partial charge in [-0.05, 0) is 48.6 Å². The number of nitrogens with one attached hydrogen (secondary N) is 1. The lowest BCUT2D eigenvalue weighted by Gasteiger charge is -2.11. The molecule has 11 nitrogen and oxygen atoms in total. The molecule has 0 bridgehead atoms. The van der Waals surface area contributed by atoms with Crippen molar-refractivity contribution in [2.75, 3.05) is 13.2 Å². The molecule has 1 aliphatic carbocycles. The Morgan fingerprint density at radius 3 is 2.65 bits per heavy atom. The lowest BCUT2D eigenvalue weighted by molar-refractivity contribution is 0.138. The van der Waals surface area contributed by atoms with E-state index in [9.17, 15) is 9.59 Å². The molecule has 12 heteroatoms. The number of nitrogens with zero attached hydrogens (tertiary/aromatic N) is 7. The van der Waals surface area contributed by atoms with Crippen LogP contribution in [0.15, 0.2) is 39.9 Å². The highest BCUT2D eigenvalue weighted by atomic mass is 35.5. The monoisotopic (exact) mass is 484 g/mol. The molecule has 5 rings (SSSR count). The summed E-state index contributed by atoms with van der Waals surface area (Å²) < 4.78 is 7.98. The van der Waals surface area contributed by atoms with Crippen LogP contribution in [0.4, 0.5) is 0 Å². The number of aromatic amines is 1. The van der Waals surface area contributed by atoms with Gasteiger partial charge in [0.2, 0.25) is 5.28 Å². The van der Waals surface area contributed by atoms with Crippen molar-refractivity contribution in [2.24, 2.45) is 0 Å². The summed E-state index contributed by atoms with van der Waals surface area (Å²) in [5, 5.41) is 13.1. The molecular formula is C22H25ClN8O3. The van der Waals surface area contributed by atoms with Crippen LogP contribution < -0.4 is 11.2 Å². The number of rotatable bonds is 10. The minimum Gasteiger partial charge on any atom is -0.380 e. The first-order chi connectivity index (χ1) is 16.5. The van der Waals surface area contributed by atoms with Gasteiger partial charge in [0.1, 0.15) is 0 Å². The predicted octanol–water partition coefficient (Wildman–Crippen LogP) is 1.73. The highest BCUT2D eigenvalue weighted by Gasteiger charge is 2.49. The number of tetrazole rings is 1. The number of fused-ring (bicyclic) bond motifs is 1. The first kappa shape index (κ1) is 22.5. The molecule has 178 valence electrons. The Morgan fingerprint density at radius 1 is 1.12 bits per heavy atom. The topological polar surface area (TPSA) is 126 Å². The Morgan fingerprint density at radius 2 is 1.91 bits per heavy atom. The summed E-state index contributed by atoms with van der Waals surface area (Å²) in [6.45, 7) is 3.60. The van der Waals surface area contributed by atoms with E-state index >= 15 is 0 Å². The molecule has 0 aliphatic heterocycles. The number of hydrogen-bond donors (Lipinski definition) is 1. The fourth-order valence-electron chi connectivity index (χ4n) is 4.26. The molecule has 0 unspecified atom stereocenters. The van der Waals surface area contributed by atoms with Crippen LogP contribution in [-0.4, -0.2) is 52.5 Å². The number of benzene rings is 1. The zero-order chi connectivity index (χ0) is 23.7. The van der Waals surface area contributed by atoms with Gasteiger partial charge in [-0.15, -0.1) is 10.2 Å². The average Bonchev–Trinajstić information content (AvgIpc) is 3.35. The smallest absolute Gasteiger partial charge is 0.332 e. The van der Waals surface area contributed by atoms with Crippen LogP contribution >= 0.6 is 11.6 Å². The van der Waals surface area contributed by atoms with Gasteiger partial charge in [-0.2, -0.15) is 9.78 Å². The van der Waals surface area contributed by atoms with Gasteiger partial charge >= 0.3 is 5.69 Å². The van der Waals surface area contributed by atoms with E-state index in [0.29, 0.717) is 32.0 Å². The highest BCUT2D eigenvalue weighted by Crippen LogP contribution is 2.51. The quantitative estimate of drug-likeness (QED) is 0.268. The van der Waals surface area contributed by atoms with Gasteiger partial charge in [-0.25, -0.2) is 4.79 Å². The summed E-state index contributed by atoms with van der Waals surface area (Å²) >= 11 is 5.98. The number of H-pyrrole nitrogens is 1. The second kappa shape index (κ2) is 9.15. The molecule has 4 aromatic rings. The van der Waals surface area contributed by atoms with Crippen molar-refractivity contribution in [3.05, 3.63) is 67.8 Å². The van der Waals surface area contributed by atoms with E-state index < -0.39 is 11.2 Å². The van der Waals surface area contributed by atoms with Crippen LogP contribution in [0.3, 0.4) is 0 Å². The molecule has 1 aliphatic rings. The first-order valence-corrected chi connectivity index (χ1v) is 11.7. The van der Waals surface area contributed by atoms with Gasteiger partial charge in [-0.1, -0.05) is 30.3 Å². The van der Waals surface area contributed by atoms with Gasteiger partial charge < -0.3 is 9.72 Å². The third-order valence-corrected chi connectivity index (χ3v) is 6.37. The molecule has 1 saturated carbocycles. The van der Waals surface area contributed by atoms with Crippen LogP contribution in [0.5, 0.6) is 0 Å². The van der Waals surface area contributed by atoms with Crippen LogP contribution in [0.1, 0.15) is 37.6 Å². The zero-order valence-electron chi connectivity index (χ0n) is 18.8. The van der Waals surface area contributed by atoms with E-state index in [2.05, 4.69) is 37.5 Å². The maximum atomic E-state index is 13.1. The molecule has 1 N–H and O–H groups in total. The lowest BCUT2D eigenvalue weighted by atomic mass is 9.95. The first-order valence-electron chi connectivity index (χ1n) is 11.3. The number of aromatic nitrogens is 8. The number of aryl methyl sites for hydroxylation is 1. The van der Waals surface area contributed by atoms with E-state index in [1.54, 1.807) is 0 Å². The second-order valence-corrected chi connectivity index (χ2v) is 8.68. The van der Waals surface area contributed by atoms with E-state index in [0.717, 1.165) is 12.8 Å². The molecule has 0 spiro atoms. The molecule has 3 heterocycles. The molecule has 1 fully saturated rings. The summed E-state index contributed by atoms with van der Waals surface area (Å²) in [7, 11) is 0. The third kappa shape index (κ3) is 4.05. The van der Waals surface area contributed by atoms with Crippen molar-refractivity contribution in [1.82, 2.24) is 39.3 Å². The molecule has 34 heavy (non-hydrogen) atoms. The summed E-state index contributed by atoms with van der Waals surface area (Å²) in [5.41, 5.74) is 0.555. The minimum absolute atomic E-state index is 0.0566. The fourth-order valence-corrected chi connectivity index (χ4v) is 4.44. The molecule has 3 aromatic heterocycles. The third-order valence-electron chi connectivity index (χ3n) is 6.19. The van der Waals surface area contributed by atoms with E-state index in [4.69, 9.17) is 16.3 Å². The van der Waals surface area contributed by atoms with Crippen molar-refractivity contribution < 1.29 is 4.74 Å². The maximum Gasteiger partial charge on any atom is 0.332 e. The SMILES string of the molecule is CCOCCn1c(=O)n(CCCn2nnc(C3(c4ccccc4)CC3)n2)c(=O)c2[nH]c(Cl)nc21. The Bertz CT molecular complexity index is 1420. The largest absolute Gasteiger partial charge is 0.380 e. The standard InChI is InChI=1S/C22H25ClN8O3/c1-2-34-14-13-29-17-16(24-20(23)25-17)18(32)30(21(29)33)11-6-12-31-27-19(26-28-31)22(9-10-22)15-7-4-3-5-8-15/h3-5,7-8H,2,6,9-14H2,1H3,(H,24,25). The summed E-state index contributed by atoms with van der Waals surface area (Å²) in [6, 6.07) is 10.2. The Balaban J connectivity index is 1.33. The molecular weight excluding hydrogens is 460 g/mol. The number of halogens is 1. The van der Waals surface area contributed by atoms with Crippen molar-refractivity contribution in [1.29, 1.82) is 0 Å². The van der Waals surface area contributed by atoms with E-state index in [1.165, 1.54) is 19.5 Å². The fraction of sp³-hybridized carbons (Fsp3) is 0.455. The highest BCUT2D eigenvalue weighted by molar-refractivity contribution is 6.28. The van der Waals surface area contributed by atoms with Crippen molar-refractivity contribution in [2.45, 2.75) is 51.2 Å². The Labute approximate surface area is 199 Å². The molecule has 0 amide bonds. The van der Waals surface area contributed by atoms with Crippen molar-refractivity contribution >= 4 is 22.8 Å². The van der Waals surface area contributed by atoms with Crippen LogP contribution in [-0.2, 0) is 29.8 Å². The van der Waals surface area contributed by atoms with Gasteiger partial charge in [0, 0.05) is 13.2 Å². The molecule has 0 atom stereocenters. The summed E-state index contributed by atoms with van der Waals surface area (Å²) in [4.78, 5) is 34.4. The number of ether oxygens (including phenoxy) is 1. The summed E-state index contributed by atoms with van der Waals surface area (Å²) in [6.07, 6.45) is 2.46. The normalized spacial score (nSPS) is 14.6. The maximum absolute atomic E-state index is 13.1. The zero-order valence-corrected chi connectivity index (χ0v) is 19.5.